The van der Waals surface area contributed by atoms with Crippen LogP contribution in [0.4, 0.5) is 10.6 Å². The first-order chi connectivity index (χ1) is 18.1. The van der Waals surface area contributed by atoms with Crippen LogP contribution < -0.4 is 5.73 Å². The molecule has 1 saturated carbocycles. The second-order valence-corrected chi connectivity index (χ2v) is 9.74. The van der Waals surface area contributed by atoms with E-state index in [2.05, 4.69) is 10.1 Å². The summed E-state index contributed by atoms with van der Waals surface area (Å²) in [4.78, 5) is 30.6. The number of rotatable bonds is 8. The topological polar surface area (TPSA) is 195 Å². The third kappa shape index (κ3) is 5.10. The Labute approximate surface area is 218 Å². The molecule has 3 heterocycles. The molecule has 4 N–H and O–H groups in total. The number of likely N-dealkylation sites (N-methyl/N-ethyl adjacent to an activating group) is 1. The molecule has 2 aliphatic rings. The van der Waals surface area contributed by atoms with Crippen molar-refractivity contribution < 1.29 is 38.7 Å². The maximum atomic E-state index is 12.7. The van der Waals surface area contributed by atoms with Crippen LogP contribution in [-0.4, -0.2) is 99.1 Å². The summed E-state index contributed by atoms with van der Waals surface area (Å²) in [7, 11) is 3.34. The minimum absolute atomic E-state index is 0.115. The maximum Gasteiger partial charge on any atom is 0.508 e. The van der Waals surface area contributed by atoms with Crippen LogP contribution in [0.1, 0.15) is 38.3 Å². The summed E-state index contributed by atoms with van der Waals surface area (Å²) >= 11 is 0. The Balaban J connectivity index is 1.40. The monoisotopic (exact) mass is 532 g/mol. The zero-order valence-electron chi connectivity index (χ0n) is 21.4. The highest BCUT2D eigenvalue weighted by atomic mass is 16.7. The lowest BCUT2D eigenvalue weighted by Gasteiger charge is -2.28. The average Bonchev–Trinajstić information content (AvgIpc) is 3.59. The molecule has 2 fully saturated rings. The SMILES string of the molecule is CC(OC(=O)OC[C@H]1O[C@@](C#N)(c2ccc3c(N)ncnn23)[C@H](O)[C@@H]1O)C(C(=O)OC1CCCC1)N(C)C. The van der Waals surface area contributed by atoms with E-state index >= 15 is 0 Å². The van der Waals surface area contributed by atoms with E-state index in [0.29, 0.717) is 5.52 Å². The van der Waals surface area contributed by atoms with Gasteiger partial charge in [-0.3, -0.25) is 9.69 Å². The summed E-state index contributed by atoms with van der Waals surface area (Å²) in [6, 6.07) is 4.07. The van der Waals surface area contributed by atoms with Crippen LogP contribution in [0.2, 0.25) is 0 Å². The van der Waals surface area contributed by atoms with Gasteiger partial charge in [0.05, 0.1) is 5.69 Å². The molecule has 1 aliphatic carbocycles. The number of nitrogens with zero attached hydrogens (tertiary/aromatic N) is 5. The molecule has 0 amide bonds. The Bertz CT molecular complexity index is 1210. The van der Waals surface area contributed by atoms with Gasteiger partial charge in [-0.1, -0.05) is 0 Å². The third-order valence-corrected chi connectivity index (χ3v) is 6.96. The van der Waals surface area contributed by atoms with E-state index < -0.39 is 54.8 Å². The van der Waals surface area contributed by atoms with Crippen LogP contribution in [-0.2, 0) is 29.3 Å². The quantitative estimate of drug-likeness (QED) is 0.388. The highest BCUT2D eigenvalue weighted by molar-refractivity contribution is 5.77. The first-order valence-electron chi connectivity index (χ1n) is 12.3. The van der Waals surface area contributed by atoms with Gasteiger partial charge in [-0.05, 0) is 58.8 Å². The van der Waals surface area contributed by atoms with E-state index in [4.69, 9.17) is 24.7 Å². The molecule has 2 aromatic rings. The highest BCUT2D eigenvalue weighted by Crippen LogP contribution is 2.40. The Kier molecular flexibility index (Phi) is 8.02. The Morgan fingerprint density at radius 2 is 2.05 bits per heavy atom. The van der Waals surface area contributed by atoms with Crippen molar-refractivity contribution in [2.45, 2.75) is 74.8 Å². The normalized spacial score (nSPS) is 27.2. The number of aliphatic hydroxyl groups is 2. The fourth-order valence-electron chi connectivity index (χ4n) is 5.01. The molecular formula is C24H32N6O8. The van der Waals surface area contributed by atoms with Crippen LogP contribution in [0.25, 0.3) is 5.52 Å². The number of carbonyl (C=O) groups excluding carboxylic acids is 2. The molecule has 38 heavy (non-hydrogen) atoms. The van der Waals surface area contributed by atoms with Gasteiger partial charge in [0.1, 0.15) is 61.1 Å². The van der Waals surface area contributed by atoms with Crippen molar-refractivity contribution in [2.75, 3.05) is 26.4 Å². The number of hydrogen-bond acceptors (Lipinski definition) is 13. The van der Waals surface area contributed by atoms with Gasteiger partial charge in [-0.25, -0.2) is 14.3 Å². The summed E-state index contributed by atoms with van der Waals surface area (Å²) in [5.41, 5.74) is 4.31. The summed E-state index contributed by atoms with van der Waals surface area (Å²) < 4.78 is 23.1. The Hall–Kier alpha value is -3.51. The van der Waals surface area contributed by atoms with E-state index in [-0.39, 0.29) is 17.6 Å². The lowest BCUT2D eigenvalue weighted by atomic mass is 9.92. The maximum absolute atomic E-state index is 12.7. The second-order valence-electron chi connectivity index (χ2n) is 9.74. The molecule has 2 aromatic heterocycles. The van der Waals surface area contributed by atoms with Gasteiger partial charge in [0.15, 0.2) is 5.82 Å². The van der Waals surface area contributed by atoms with Crippen molar-refractivity contribution in [1.29, 1.82) is 5.26 Å². The molecule has 14 heteroatoms. The Morgan fingerprint density at radius 1 is 1.34 bits per heavy atom. The van der Waals surface area contributed by atoms with E-state index in [1.54, 1.807) is 32.0 Å². The molecule has 1 aliphatic heterocycles. The number of anilines is 1. The number of ether oxygens (including phenoxy) is 4. The van der Waals surface area contributed by atoms with Crippen LogP contribution in [0, 0.1) is 11.3 Å². The van der Waals surface area contributed by atoms with Gasteiger partial charge in [-0.2, -0.15) is 10.4 Å². The molecule has 2 unspecified atom stereocenters. The summed E-state index contributed by atoms with van der Waals surface area (Å²) in [6.45, 7) is 1.01. The summed E-state index contributed by atoms with van der Waals surface area (Å²) in [5.74, 6) is -0.352. The number of aromatic nitrogens is 3. The molecule has 4 rings (SSSR count). The van der Waals surface area contributed by atoms with Crippen molar-refractivity contribution in [3.05, 3.63) is 24.2 Å². The molecule has 0 bridgehead atoms. The molecule has 0 radical (unpaired) electrons. The molecule has 6 atom stereocenters. The van der Waals surface area contributed by atoms with Gasteiger partial charge in [0, 0.05) is 0 Å². The minimum atomic E-state index is -2.03. The van der Waals surface area contributed by atoms with Gasteiger partial charge in [0.2, 0.25) is 5.60 Å². The first kappa shape index (κ1) is 27.5. The predicted molar refractivity (Wildman–Crippen MR) is 129 cm³/mol. The van der Waals surface area contributed by atoms with Crippen LogP contribution in [0.5, 0.6) is 0 Å². The van der Waals surface area contributed by atoms with Crippen molar-refractivity contribution in [2.24, 2.45) is 0 Å². The van der Waals surface area contributed by atoms with Crippen LogP contribution in [0.3, 0.4) is 0 Å². The molecule has 1 saturated heterocycles. The van der Waals surface area contributed by atoms with E-state index in [1.807, 2.05) is 6.07 Å². The van der Waals surface area contributed by atoms with Gasteiger partial charge < -0.3 is 34.9 Å². The number of esters is 1. The van der Waals surface area contributed by atoms with Gasteiger partial charge >= 0.3 is 12.1 Å². The highest BCUT2D eigenvalue weighted by Gasteiger charge is 2.58. The summed E-state index contributed by atoms with van der Waals surface area (Å²) in [5, 5.41) is 35.4. The fraction of sp³-hybridized carbons (Fsp3) is 0.625. The number of nitrogen functional groups attached to an aromatic ring is 1. The third-order valence-electron chi connectivity index (χ3n) is 6.96. The number of hydrogen-bond donors (Lipinski definition) is 3. The first-order valence-corrected chi connectivity index (χ1v) is 12.3. The predicted octanol–water partition coefficient (Wildman–Crippen LogP) is 0.109. The smallest absolute Gasteiger partial charge is 0.461 e. The van der Waals surface area contributed by atoms with E-state index in [1.165, 1.54) is 16.9 Å². The molecule has 0 spiro atoms. The van der Waals surface area contributed by atoms with E-state index in [9.17, 15) is 25.1 Å². The van der Waals surface area contributed by atoms with Crippen molar-refractivity contribution >= 4 is 23.5 Å². The minimum Gasteiger partial charge on any atom is -0.461 e. The van der Waals surface area contributed by atoms with Crippen molar-refractivity contribution in [3.8, 4) is 6.07 Å². The second kappa shape index (κ2) is 11.1. The summed E-state index contributed by atoms with van der Waals surface area (Å²) in [6.07, 6.45) is -1.93. The molecule has 14 nitrogen and oxygen atoms in total. The van der Waals surface area contributed by atoms with Crippen LogP contribution in [0.15, 0.2) is 18.5 Å². The van der Waals surface area contributed by atoms with Crippen molar-refractivity contribution in [3.63, 3.8) is 0 Å². The lowest BCUT2D eigenvalue weighted by Crippen LogP contribution is -2.47. The van der Waals surface area contributed by atoms with Gasteiger partial charge in [-0.15, -0.1) is 0 Å². The van der Waals surface area contributed by atoms with Crippen LogP contribution >= 0.6 is 0 Å². The molecular weight excluding hydrogens is 500 g/mol. The van der Waals surface area contributed by atoms with E-state index in [0.717, 1.165) is 25.7 Å². The Morgan fingerprint density at radius 3 is 2.71 bits per heavy atom. The largest absolute Gasteiger partial charge is 0.508 e. The zero-order valence-corrected chi connectivity index (χ0v) is 21.4. The number of carbonyl (C=O) groups is 2. The fourth-order valence-corrected chi connectivity index (χ4v) is 5.01. The zero-order chi connectivity index (χ0) is 27.6. The standard InChI is InChI=1S/C24H32N6O8/c1-13(18(29(2)3)22(33)37-14-6-4-5-7-14)36-23(34)35-10-16-19(31)20(32)24(11-25,38-16)17-9-8-15-21(26)27-12-28-30(15)17/h8-9,12-14,16,18-20,31-32H,4-7,10H2,1-3H3,(H2,26,27,28)/t13?,16-,18?,19-,20-,24+/m1/s1. The number of aliphatic hydroxyl groups excluding tert-OH is 2. The number of nitriles is 1. The van der Waals surface area contributed by atoms with Crippen molar-refractivity contribution in [1.82, 2.24) is 19.5 Å². The molecule has 206 valence electrons. The number of nitrogens with two attached hydrogens (primary N) is 1. The lowest BCUT2D eigenvalue weighted by molar-refractivity contribution is -0.158. The molecule has 0 aromatic carbocycles. The van der Waals surface area contributed by atoms with Gasteiger partial charge in [0.25, 0.3) is 0 Å². The number of fused-ring (bicyclic) bond motifs is 1. The average molecular weight is 533 g/mol.